The first-order valence-electron chi connectivity index (χ1n) is 8.49. The lowest BCUT2D eigenvalue weighted by atomic mass is 9.90. The van der Waals surface area contributed by atoms with E-state index in [0.29, 0.717) is 11.3 Å². The fourth-order valence-corrected chi connectivity index (χ4v) is 2.71. The number of hydrogen-bond donors (Lipinski definition) is 3. The number of nitro groups is 1. The van der Waals surface area contributed by atoms with E-state index in [2.05, 4.69) is 19.9 Å². The summed E-state index contributed by atoms with van der Waals surface area (Å²) in [5, 5.41) is 10.8. The standard InChI is InChI=1S/C19H19N5O4/c1-19(2,3)16-13(20-10-21-16)9-15-18(26)22-14(17(25)23-15)8-11-4-6-12(7-5-11)24(27)28/h4-10H,1-3H3,(H,20,21)(H,22,26)(H,23,25)/b14-8-,15-9-. The van der Waals surface area contributed by atoms with Gasteiger partial charge in [-0.15, -0.1) is 0 Å². The van der Waals surface area contributed by atoms with Crippen LogP contribution >= 0.6 is 0 Å². The monoisotopic (exact) mass is 381 g/mol. The van der Waals surface area contributed by atoms with Crippen LogP contribution in [0.5, 0.6) is 0 Å². The first-order chi connectivity index (χ1) is 13.1. The van der Waals surface area contributed by atoms with Crippen molar-refractivity contribution in [2.45, 2.75) is 26.2 Å². The minimum Gasteiger partial charge on any atom is -0.348 e. The fourth-order valence-electron chi connectivity index (χ4n) is 2.71. The molecule has 0 bridgehead atoms. The number of benzene rings is 1. The number of aromatic nitrogens is 4. The molecule has 0 saturated heterocycles. The van der Waals surface area contributed by atoms with Crippen LogP contribution < -0.4 is 21.8 Å². The van der Waals surface area contributed by atoms with Gasteiger partial charge in [-0.1, -0.05) is 20.8 Å². The Labute approximate surface area is 158 Å². The van der Waals surface area contributed by atoms with Crippen molar-refractivity contribution in [3.63, 3.8) is 0 Å². The lowest BCUT2D eigenvalue weighted by Gasteiger charge is -2.16. The topological polar surface area (TPSA) is 138 Å². The molecular weight excluding hydrogens is 362 g/mol. The molecule has 0 aliphatic carbocycles. The maximum absolute atomic E-state index is 12.4. The van der Waals surface area contributed by atoms with E-state index in [0.717, 1.165) is 5.69 Å². The lowest BCUT2D eigenvalue weighted by Crippen LogP contribution is -2.46. The van der Waals surface area contributed by atoms with Crippen LogP contribution in [0.2, 0.25) is 0 Å². The first kappa shape index (κ1) is 19.0. The van der Waals surface area contributed by atoms with Crippen molar-refractivity contribution in [3.8, 4) is 0 Å². The highest BCUT2D eigenvalue weighted by Crippen LogP contribution is 2.22. The normalized spacial score (nSPS) is 13.1. The van der Waals surface area contributed by atoms with Crippen molar-refractivity contribution in [2.24, 2.45) is 0 Å². The number of imidazole rings is 1. The summed E-state index contributed by atoms with van der Waals surface area (Å²) >= 11 is 0. The Morgan fingerprint density at radius 3 is 2.11 bits per heavy atom. The second-order valence-electron chi connectivity index (χ2n) is 7.29. The van der Waals surface area contributed by atoms with Gasteiger partial charge in [0.2, 0.25) is 0 Å². The molecule has 0 radical (unpaired) electrons. The van der Waals surface area contributed by atoms with E-state index in [1.54, 1.807) is 0 Å². The van der Waals surface area contributed by atoms with Gasteiger partial charge in [0.1, 0.15) is 10.7 Å². The third-order valence-electron chi connectivity index (χ3n) is 4.10. The SMILES string of the molecule is CC(C)(C)c1[nH]cnc1/C=c1\[nH]c(=O)/c(=C/c2ccc([N+](=O)[O-])cc2)[nH]c1=O. The number of H-pyrrole nitrogens is 3. The second-order valence-corrected chi connectivity index (χ2v) is 7.29. The Morgan fingerprint density at radius 1 is 1.00 bits per heavy atom. The summed E-state index contributed by atoms with van der Waals surface area (Å²) in [7, 11) is 0. The van der Waals surface area contributed by atoms with Gasteiger partial charge in [-0.2, -0.15) is 0 Å². The minimum absolute atomic E-state index is 0.0501. The summed E-state index contributed by atoms with van der Waals surface area (Å²) in [5.74, 6) is 0. The molecule has 0 saturated carbocycles. The molecule has 144 valence electrons. The predicted molar refractivity (Wildman–Crippen MR) is 104 cm³/mol. The van der Waals surface area contributed by atoms with Gasteiger partial charge in [0.05, 0.1) is 16.9 Å². The summed E-state index contributed by atoms with van der Waals surface area (Å²) < 4.78 is 0. The highest BCUT2D eigenvalue weighted by molar-refractivity contribution is 5.51. The number of nitrogens with zero attached hydrogens (tertiary/aromatic N) is 2. The first-order valence-corrected chi connectivity index (χ1v) is 8.49. The average Bonchev–Trinajstić information content (AvgIpc) is 3.08. The summed E-state index contributed by atoms with van der Waals surface area (Å²) in [4.78, 5) is 47.3. The Kier molecular flexibility index (Phi) is 4.83. The van der Waals surface area contributed by atoms with Crippen molar-refractivity contribution in [1.29, 1.82) is 0 Å². The molecule has 28 heavy (non-hydrogen) atoms. The molecule has 2 heterocycles. The van der Waals surface area contributed by atoms with Crippen LogP contribution in [0.3, 0.4) is 0 Å². The summed E-state index contributed by atoms with van der Waals surface area (Å²) in [5.41, 5.74) is 0.727. The predicted octanol–water partition coefficient (Wildman–Crippen LogP) is 0.650. The zero-order valence-corrected chi connectivity index (χ0v) is 15.6. The molecule has 0 atom stereocenters. The quantitative estimate of drug-likeness (QED) is 0.452. The van der Waals surface area contributed by atoms with E-state index in [4.69, 9.17) is 0 Å². The minimum atomic E-state index is -0.510. The number of non-ortho nitro benzene ring substituents is 1. The molecule has 0 amide bonds. The Bertz CT molecular complexity index is 1260. The number of rotatable bonds is 3. The second kappa shape index (κ2) is 7.10. The van der Waals surface area contributed by atoms with Crippen molar-refractivity contribution < 1.29 is 4.92 Å². The van der Waals surface area contributed by atoms with Gasteiger partial charge in [0.15, 0.2) is 0 Å². The van der Waals surface area contributed by atoms with Gasteiger partial charge in [0, 0.05) is 23.2 Å². The maximum atomic E-state index is 12.4. The van der Waals surface area contributed by atoms with Crippen LogP contribution in [0.15, 0.2) is 40.2 Å². The van der Waals surface area contributed by atoms with Crippen molar-refractivity contribution in [2.75, 3.05) is 0 Å². The van der Waals surface area contributed by atoms with Gasteiger partial charge in [-0.25, -0.2) is 4.98 Å². The van der Waals surface area contributed by atoms with Crippen molar-refractivity contribution in [1.82, 2.24) is 19.9 Å². The van der Waals surface area contributed by atoms with Crippen LogP contribution in [0.25, 0.3) is 12.2 Å². The Morgan fingerprint density at radius 2 is 1.57 bits per heavy atom. The van der Waals surface area contributed by atoms with E-state index in [1.807, 2.05) is 20.8 Å². The van der Waals surface area contributed by atoms with Gasteiger partial charge >= 0.3 is 0 Å². The van der Waals surface area contributed by atoms with Crippen LogP contribution in [0.4, 0.5) is 5.69 Å². The van der Waals surface area contributed by atoms with E-state index < -0.39 is 16.0 Å². The molecule has 3 N–H and O–H groups in total. The lowest BCUT2D eigenvalue weighted by molar-refractivity contribution is -0.384. The zero-order chi connectivity index (χ0) is 20.5. The molecule has 3 rings (SSSR count). The van der Waals surface area contributed by atoms with Crippen molar-refractivity contribution >= 4 is 17.8 Å². The molecular formula is C19H19N5O4. The molecule has 0 unspecified atom stereocenters. The van der Waals surface area contributed by atoms with Crippen LogP contribution in [0.1, 0.15) is 37.7 Å². The highest BCUT2D eigenvalue weighted by Gasteiger charge is 2.19. The fraction of sp³-hybridized carbons (Fsp3) is 0.211. The van der Waals surface area contributed by atoms with E-state index in [-0.39, 0.29) is 21.8 Å². The number of hydrogen-bond acceptors (Lipinski definition) is 5. The van der Waals surface area contributed by atoms with Crippen LogP contribution in [-0.2, 0) is 5.41 Å². The molecule has 1 aromatic carbocycles. The molecule has 0 spiro atoms. The van der Waals surface area contributed by atoms with Crippen molar-refractivity contribution in [3.05, 3.63) is 89.1 Å². The maximum Gasteiger partial charge on any atom is 0.272 e. The van der Waals surface area contributed by atoms with Crippen LogP contribution in [0, 0.1) is 10.1 Å². The highest BCUT2D eigenvalue weighted by atomic mass is 16.6. The molecule has 0 aliphatic rings. The Hall–Kier alpha value is -3.75. The van der Waals surface area contributed by atoms with E-state index >= 15 is 0 Å². The smallest absolute Gasteiger partial charge is 0.272 e. The largest absolute Gasteiger partial charge is 0.348 e. The average molecular weight is 381 g/mol. The van der Waals surface area contributed by atoms with E-state index in [9.17, 15) is 19.7 Å². The third-order valence-corrected chi connectivity index (χ3v) is 4.10. The summed E-state index contributed by atoms with van der Waals surface area (Å²) in [6.07, 6.45) is 4.51. The molecule has 3 aromatic rings. The molecule has 0 aliphatic heterocycles. The number of nitrogens with one attached hydrogen (secondary N) is 3. The molecule has 9 nitrogen and oxygen atoms in total. The van der Waals surface area contributed by atoms with Gasteiger partial charge in [-0.3, -0.25) is 19.7 Å². The third kappa shape index (κ3) is 3.98. The molecule has 9 heteroatoms. The zero-order valence-electron chi connectivity index (χ0n) is 15.6. The number of aromatic amines is 3. The number of nitro benzene ring substituents is 1. The summed E-state index contributed by atoms with van der Waals surface area (Å²) in [6, 6.07) is 5.64. The van der Waals surface area contributed by atoms with E-state index in [1.165, 1.54) is 42.7 Å². The molecule has 2 aromatic heterocycles. The summed E-state index contributed by atoms with van der Waals surface area (Å²) in [6.45, 7) is 6.02. The van der Waals surface area contributed by atoms with Crippen LogP contribution in [-0.4, -0.2) is 24.9 Å². The van der Waals surface area contributed by atoms with Gasteiger partial charge in [-0.05, 0) is 29.8 Å². The van der Waals surface area contributed by atoms with Gasteiger partial charge < -0.3 is 15.0 Å². The van der Waals surface area contributed by atoms with Gasteiger partial charge in [0.25, 0.3) is 16.8 Å². The Balaban J connectivity index is 2.07. The molecule has 0 fully saturated rings.